The van der Waals surface area contributed by atoms with Crippen LogP contribution < -0.4 is 4.90 Å². The number of amides is 1. The van der Waals surface area contributed by atoms with Gasteiger partial charge in [-0.1, -0.05) is 6.07 Å². The summed E-state index contributed by atoms with van der Waals surface area (Å²) in [4.78, 5) is 21.3. The average Bonchev–Trinajstić information content (AvgIpc) is 3.09. The third-order valence-electron chi connectivity index (χ3n) is 5.27. The van der Waals surface area contributed by atoms with Crippen LogP contribution in [0.15, 0.2) is 41.1 Å². The van der Waals surface area contributed by atoms with Gasteiger partial charge in [0.05, 0.1) is 24.0 Å². The number of piperidine rings is 1. The summed E-state index contributed by atoms with van der Waals surface area (Å²) >= 11 is 0. The van der Waals surface area contributed by atoms with Crippen LogP contribution in [0.5, 0.6) is 0 Å². The van der Waals surface area contributed by atoms with Crippen molar-refractivity contribution in [2.45, 2.75) is 25.4 Å². The predicted octanol–water partition coefficient (Wildman–Crippen LogP) is 2.49. The highest BCUT2D eigenvalue weighted by Gasteiger charge is 2.41. The highest BCUT2D eigenvalue weighted by atomic mass is 16.5. The van der Waals surface area contributed by atoms with Crippen molar-refractivity contribution in [3.63, 3.8) is 0 Å². The van der Waals surface area contributed by atoms with Gasteiger partial charge in [-0.3, -0.25) is 4.79 Å². The van der Waals surface area contributed by atoms with Crippen molar-refractivity contribution >= 4 is 11.7 Å². The summed E-state index contributed by atoms with van der Waals surface area (Å²) in [6.07, 6.45) is 5.09. The summed E-state index contributed by atoms with van der Waals surface area (Å²) in [7, 11) is 0. The second-order valence-electron chi connectivity index (χ2n) is 6.82. The minimum atomic E-state index is -0.183. The summed E-state index contributed by atoms with van der Waals surface area (Å²) in [6, 6.07) is 7.74. The second kappa shape index (κ2) is 6.52. The van der Waals surface area contributed by atoms with Crippen molar-refractivity contribution in [3.05, 3.63) is 48.0 Å². The van der Waals surface area contributed by atoms with E-state index in [1.807, 2.05) is 36.2 Å². The molecule has 2 saturated heterocycles. The fourth-order valence-electron chi connectivity index (χ4n) is 3.78. The van der Waals surface area contributed by atoms with Crippen molar-refractivity contribution < 1.29 is 13.9 Å². The lowest BCUT2D eigenvalue weighted by atomic mass is 9.89. The van der Waals surface area contributed by atoms with Crippen LogP contribution in [-0.4, -0.2) is 54.2 Å². The average molecular weight is 341 g/mol. The molecule has 2 aromatic heterocycles. The molecule has 6 heteroatoms. The number of furan rings is 1. The molecule has 1 amide bonds. The van der Waals surface area contributed by atoms with Gasteiger partial charge in [0, 0.05) is 32.4 Å². The van der Waals surface area contributed by atoms with E-state index in [4.69, 9.17) is 9.15 Å². The van der Waals surface area contributed by atoms with Crippen molar-refractivity contribution in [2.75, 3.05) is 37.7 Å². The lowest BCUT2D eigenvalue weighted by Crippen LogP contribution is -2.57. The lowest BCUT2D eigenvalue weighted by molar-refractivity contribution is -0.0870. The molecule has 0 atom stereocenters. The van der Waals surface area contributed by atoms with E-state index >= 15 is 0 Å². The number of hydrogen-bond donors (Lipinski definition) is 0. The maximum Gasteiger partial charge on any atom is 0.257 e. The molecule has 2 aliphatic rings. The molecule has 2 fully saturated rings. The second-order valence-corrected chi connectivity index (χ2v) is 6.82. The molecule has 0 radical (unpaired) electrons. The number of rotatable bonds is 2. The number of morpholine rings is 1. The van der Waals surface area contributed by atoms with Gasteiger partial charge in [0.15, 0.2) is 0 Å². The zero-order valence-electron chi connectivity index (χ0n) is 14.5. The van der Waals surface area contributed by atoms with Crippen molar-refractivity contribution in [1.29, 1.82) is 0 Å². The topological polar surface area (TPSA) is 58.8 Å². The van der Waals surface area contributed by atoms with Gasteiger partial charge in [-0.15, -0.1) is 0 Å². The van der Waals surface area contributed by atoms with Gasteiger partial charge in [0.25, 0.3) is 5.91 Å². The Morgan fingerprint density at radius 2 is 2.04 bits per heavy atom. The summed E-state index contributed by atoms with van der Waals surface area (Å²) < 4.78 is 11.4. The molecule has 0 N–H and O–H groups in total. The van der Waals surface area contributed by atoms with Crippen LogP contribution in [0.2, 0.25) is 0 Å². The van der Waals surface area contributed by atoms with Crippen LogP contribution in [0.25, 0.3) is 0 Å². The Bertz CT molecular complexity index is 735. The van der Waals surface area contributed by atoms with E-state index in [9.17, 15) is 4.79 Å². The molecule has 132 valence electrons. The fraction of sp³-hybridized carbons (Fsp3) is 0.474. The Balaban J connectivity index is 1.42. The number of carbonyl (C=O) groups is 1. The Morgan fingerprint density at radius 1 is 1.20 bits per heavy atom. The molecule has 4 heterocycles. The molecule has 0 aromatic carbocycles. The number of pyridine rings is 1. The normalized spacial score (nSPS) is 20.0. The number of carbonyl (C=O) groups excluding carboxylic acids is 1. The monoisotopic (exact) mass is 341 g/mol. The van der Waals surface area contributed by atoms with E-state index in [1.165, 1.54) is 0 Å². The molecule has 0 unspecified atom stereocenters. The van der Waals surface area contributed by atoms with Crippen molar-refractivity contribution in [3.8, 4) is 0 Å². The SMILES string of the molecule is Cc1occc1C(=O)N1CCC2(CC1)CN(c1ccccn1)CCO2. The smallest absolute Gasteiger partial charge is 0.257 e. The van der Waals surface area contributed by atoms with Crippen LogP contribution in [0, 0.1) is 6.92 Å². The molecule has 2 aromatic rings. The molecule has 2 aliphatic heterocycles. The highest BCUT2D eigenvalue weighted by molar-refractivity contribution is 5.95. The molecular weight excluding hydrogens is 318 g/mol. The molecule has 0 bridgehead atoms. The van der Waals surface area contributed by atoms with E-state index in [0.29, 0.717) is 31.0 Å². The Labute approximate surface area is 147 Å². The summed E-state index contributed by atoms with van der Waals surface area (Å²) in [5.41, 5.74) is 0.480. The van der Waals surface area contributed by atoms with Crippen LogP contribution >= 0.6 is 0 Å². The van der Waals surface area contributed by atoms with E-state index < -0.39 is 0 Å². The minimum absolute atomic E-state index is 0.0542. The largest absolute Gasteiger partial charge is 0.469 e. The first-order chi connectivity index (χ1) is 12.2. The lowest BCUT2D eigenvalue weighted by Gasteiger charge is -2.47. The number of hydrogen-bond acceptors (Lipinski definition) is 5. The first-order valence-electron chi connectivity index (χ1n) is 8.80. The number of aryl methyl sites for hydroxylation is 1. The predicted molar refractivity (Wildman–Crippen MR) is 93.7 cm³/mol. The Morgan fingerprint density at radius 3 is 2.72 bits per heavy atom. The third-order valence-corrected chi connectivity index (χ3v) is 5.27. The maximum absolute atomic E-state index is 12.6. The molecule has 4 rings (SSSR count). The number of nitrogens with zero attached hydrogens (tertiary/aromatic N) is 3. The van der Waals surface area contributed by atoms with Gasteiger partial charge in [0.1, 0.15) is 11.6 Å². The number of anilines is 1. The van der Waals surface area contributed by atoms with Crippen LogP contribution in [0.1, 0.15) is 29.0 Å². The molecule has 1 spiro atoms. The minimum Gasteiger partial charge on any atom is -0.469 e. The third kappa shape index (κ3) is 3.14. The van der Waals surface area contributed by atoms with Crippen LogP contribution in [-0.2, 0) is 4.74 Å². The van der Waals surface area contributed by atoms with E-state index in [0.717, 1.165) is 31.7 Å². The van der Waals surface area contributed by atoms with Gasteiger partial charge in [-0.25, -0.2) is 4.98 Å². The summed E-state index contributed by atoms with van der Waals surface area (Å²) in [5.74, 6) is 1.73. The highest BCUT2D eigenvalue weighted by Crippen LogP contribution is 2.32. The van der Waals surface area contributed by atoms with E-state index in [2.05, 4.69) is 9.88 Å². The maximum atomic E-state index is 12.6. The standard InChI is InChI=1S/C19H23N3O3/c1-15-16(5-12-24-15)18(23)21-9-6-19(7-10-21)14-22(11-13-25-19)17-4-2-3-8-20-17/h2-5,8,12H,6-7,9-11,13-14H2,1H3. The van der Waals surface area contributed by atoms with Crippen LogP contribution in [0.3, 0.4) is 0 Å². The molecule has 25 heavy (non-hydrogen) atoms. The Kier molecular flexibility index (Phi) is 4.21. The zero-order chi connectivity index (χ0) is 17.3. The van der Waals surface area contributed by atoms with E-state index in [1.54, 1.807) is 12.3 Å². The van der Waals surface area contributed by atoms with Gasteiger partial charge < -0.3 is 19.0 Å². The number of likely N-dealkylation sites (tertiary alicyclic amines) is 1. The zero-order valence-corrected chi connectivity index (χ0v) is 14.5. The Hall–Kier alpha value is -2.34. The van der Waals surface area contributed by atoms with Crippen LogP contribution in [0.4, 0.5) is 5.82 Å². The van der Waals surface area contributed by atoms with Gasteiger partial charge in [-0.05, 0) is 38.0 Å². The van der Waals surface area contributed by atoms with Crippen molar-refractivity contribution in [2.24, 2.45) is 0 Å². The van der Waals surface area contributed by atoms with E-state index in [-0.39, 0.29) is 11.5 Å². The molecular formula is C19H23N3O3. The van der Waals surface area contributed by atoms with Gasteiger partial charge in [-0.2, -0.15) is 0 Å². The molecule has 0 saturated carbocycles. The fourth-order valence-corrected chi connectivity index (χ4v) is 3.78. The summed E-state index contributed by atoms with van der Waals surface area (Å²) in [5, 5.41) is 0. The number of aromatic nitrogens is 1. The quantitative estimate of drug-likeness (QED) is 0.840. The molecule has 0 aliphatic carbocycles. The van der Waals surface area contributed by atoms with Crippen molar-refractivity contribution in [1.82, 2.24) is 9.88 Å². The first-order valence-corrected chi connectivity index (χ1v) is 8.80. The van der Waals surface area contributed by atoms with Gasteiger partial charge in [0.2, 0.25) is 0 Å². The first kappa shape index (κ1) is 16.1. The summed E-state index contributed by atoms with van der Waals surface area (Å²) in [6.45, 7) is 5.63. The van der Waals surface area contributed by atoms with Gasteiger partial charge >= 0.3 is 0 Å². The molecule has 6 nitrogen and oxygen atoms in total. The number of ether oxygens (including phenoxy) is 1.